The predicted octanol–water partition coefficient (Wildman–Crippen LogP) is 3.43. The van der Waals surface area contributed by atoms with Crippen LogP contribution in [0.25, 0.3) is 0 Å². The molecule has 0 radical (unpaired) electrons. The third-order valence-electron chi connectivity index (χ3n) is 3.17. The molecule has 0 aromatic heterocycles. The number of nitrogens with two attached hydrogens (primary N) is 1. The summed E-state index contributed by atoms with van der Waals surface area (Å²) in [6, 6.07) is 9.38. The van der Waals surface area contributed by atoms with Crippen molar-refractivity contribution < 1.29 is 13.6 Å². The first kappa shape index (κ1) is 15.3. The molecule has 1 atom stereocenters. The number of carbonyl (C=O) groups is 1. The predicted molar refractivity (Wildman–Crippen MR) is 78.0 cm³/mol. The van der Waals surface area contributed by atoms with E-state index >= 15 is 0 Å². The molecule has 0 saturated carbocycles. The van der Waals surface area contributed by atoms with Crippen LogP contribution in [0.2, 0.25) is 5.02 Å². The Hall–Kier alpha value is -2.14. The van der Waals surface area contributed by atoms with Gasteiger partial charge < -0.3 is 11.1 Å². The molecule has 0 saturated heterocycles. The largest absolute Gasteiger partial charge is 0.368 e. The van der Waals surface area contributed by atoms with E-state index in [1.54, 1.807) is 24.3 Å². The number of anilines is 1. The highest BCUT2D eigenvalue weighted by molar-refractivity contribution is 6.30. The smallest absolute Gasteiger partial charge is 0.247 e. The molecule has 0 aliphatic rings. The van der Waals surface area contributed by atoms with Gasteiger partial charge in [-0.3, -0.25) is 4.79 Å². The molecule has 1 unspecified atom stereocenters. The number of hydrogen-bond donors (Lipinski definition) is 2. The second-order valence-corrected chi connectivity index (χ2v) is 5.22. The van der Waals surface area contributed by atoms with E-state index in [4.69, 9.17) is 17.3 Å². The summed E-state index contributed by atoms with van der Waals surface area (Å²) in [5.41, 5.74) is 4.59. The zero-order valence-electron chi connectivity index (χ0n) is 11.2. The Labute approximate surface area is 125 Å². The van der Waals surface area contributed by atoms with Crippen molar-refractivity contribution in [3.05, 3.63) is 64.7 Å². The number of rotatable bonds is 4. The van der Waals surface area contributed by atoms with Crippen LogP contribution in [0.1, 0.15) is 12.5 Å². The molecule has 0 heterocycles. The molecule has 3 N–H and O–H groups in total. The Morgan fingerprint density at radius 3 is 2.14 bits per heavy atom. The van der Waals surface area contributed by atoms with Crippen molar-refractivity contribution in [3.8, 4) is 0 Å². The Morgan fingerprint density at radius 2 is 1.67 bits per heavy atom. The van der Waals surface area contributed by atoms with Gasteiger partial charge >= 0.3 is 0 Å². The fourth-order valence-corrected chi connectivity index (χ4v) is 2.07. The first-order valence-electron chi connectivity index (χ1n) is 6.11. The van der Waals surface area contributed by atoms with Crippen LogP contribution in [-0.2, 0) is 10.3 Å². The summed E-state index contributed by atoms with van der Waals surface area (Å²) < 4.78 is 26.8. The lowest BCUT2D eigenvalue weighted by Gasteiger charge is -2.29. The summed E-state index contributed by atoms with van der Waals surface area (Å²) in [5.74, 6) is -2.33. The highest BCUT2D eigenvalue weighted by Crippen LogP contribution is 2.28. The second kappa shape index (κ2) is 5.69. The van der Waals surface area contributed by atoms with Crippen LogP contribution in [0.3, 0.4) is 0 Å². The zero-order valence-corrected chi connectivity index (χ0v) is 11.9. The molecule has 2 rings (SSSR count). The molecular weight excluding hydrogens is 298 g/mol. The zero-order chi connectivity index (χ0) is 15.6. The molecule has 0 bridgehead atoms. The van der Waals surface area contributed by atoms with Crippen molar-refractivity contribution in [1.82, 2.24) is 0 Å². The lowest BCUT2D eigenvalue weighted by molar-refractivity contribution is -0.122. The topological polar surface area (TPSA) is 55.1 Å². The maximum Gasteiger partial charge on any atom is 0.247 e. The molecular formula is C15H13ClF2N2O. The monoisotopic (exact) mass is 310 g/mol. The number of halogens is 3. The molecule has 3 nitrogen and oxygen atoms in total. The van der Waals surface area contributed by atoms with Gasteiger partial charge in [0.15, 0.2) is 0 Å². The normalized spacial score (nSPS) is 13.5. The third-order valence-corrected chi connectivity index (χ3v) is 3.42. The number of nitrogens with one attached hydrogen (secondary N) is 1. The van der Waals surface area contributed by atoms with Crippen molar-refractivity contribution in [3.63, 3.8) is 0 Å². The lowest BCUT2D eigenvalue weighted by atomic mass is 9.90. The molecule has 0 aliphatic heterocycles. The summed E-state index contributed by atoms with van der Waals surface area (Å²) in [6.45, 7) is 1.46. The van der Waals surface area contributed by atoms with Crippen molar-refractivity contribution in [2.75, 3.05) is 5.32 Å². The van der Waals surface area contributed by atoms with E-state index in [1.807, 2.05) is 0 Å². The van der Waals surface area contributed by atoms with E-state index in [9.17, 15) is 13.6 Å². The lowest BCUT2D eigenvalue weighted by Crippen LogP contribution is -2.45. The van der Waals surface area contributed by atoms with Gasteiger partial charge in [0, 0.05) is 16.8 Å². The van der Waals surface area contributed by atoms with Crippen LogP contribution in [0.4, 0.5) is 14.5 Å². The number of benzene rings is 2. The third kappa shape index (κ3) is 3.31. The van der Waals surface area contributed by atoms with Crippen LogP contribution in [0, 0.1) is 11.6 Å². The minimum atomic E-state index is -1.46. The van der Waals surface area contributed by atoms with Gasteiger partial charge in [0.25, 0.3) is 0 Å². The van der Waals surface area contributed by atoms with Crippen LogP contribution in [-0.4, -0.2) is 5.91 Å². The maximum absolute atomic E-state index is 13.4. The summed E-state index contributed by atoms with van der Waals surface area (Å²) in [5, 5.41) is 3.41. The Morgan fingerprint density at radius 1 is 1.14 bits per heavy atom. The number of hydrogen-bond acceptors (Lipinski definition) is 2. The fourth-order valence-electron chi connectivity index (χ4n) is 1.94. The molecule has 6 heteroatoms. The molecule has 2 aromatic rings. The van der Waals surface area contributed by atoms with Gasteiger partial charge in [0.05, 0.1) is 0 Å². The quantitative estimate of drug-likeness (QED) is 0.909. The van der Waals surface area contributed by atoms with E-state index in [1.165, 1.54) is 6.92 Å². The van der Waals surface area contributed by atoms with E-state index in [-0.39, 0.29) is 5.56 Å². The molecule has 2 aromatic carbocycles. The van der Waals surface area contributed by atoms with Gasteiger partial charge in [-0.25, -0.2) is 8.78 Å². The second-order valence-electron chi connectivity index (χ2n) is 4.78. The van der Waals surface area contributed by atoms with Gasteiger partial charge in [-0.1, -0.05) is 11.6 Å². The van der Waals surface area contributed by atoms with Gasteiger partial charge in [0.1, 0.15) is 17.2 Å². The molecule has 1 amide bonds. The minimum absolute atomic E-state index is 0.0995. The highest BCUT2D eigenvalue weighted by Gasteiger charge is 2.34. The van der Waals surface area contributed by atoms with Crippen LogP contribution < -0.4 is 11.1 Å². The summed E-state index contributed by atoms with van der Waals surface area (Å²) >= 11 is 5.79. The number of primary amides is 1. The summed E-state index contributed by atoms with van der Waals surface area (Å²) in [6.07, 6.45) is 0. The highest BCUT2D eigenvalue weighted by atomic mass is 35.5. The minimum Gasteiger partial charge on any atom is -0.368 e. The van der Waals surface area contributed by atoms with E-state index < -0.39 is 23.1 Å². The van der Waals surface area contributed by atoms with Crippen molar-refractivity contribution >= 4 is 23.2 Å². The first-order chi connectivity index (χ1) is 9.81. The van der Waals surface area contributed by atoms with E-state index in [0.29, 0.717) is 10.7 Å². The van der Waals surface area contributed by atoms with Crippen LogP contribution in [0.15, 0.2) is 42.5 Å². The van der Waals surface area contributed by atoms with E-state index in [2.05, 4.69) is 5.32 Å². The van der Waals surface area contributed by atoms with Crippen LogP contribution >= 0.6 is 11.6 Å². The van der Waals surface area contributed by atoms with Gasteiger partial charge in [0.2, 0.25) is 5.91 Å². The first-order valence-corrected chi connectivity index (χ1v) is 6.49. The Bertz CT molecular complexity index is 656. The van der Waals surface area contributed by atoms with Gasteiger partial charge in [-0.2, -0.15) is 0 Å². The number of carbonyl (C=O) groups excluding carboxylic acids is 1. The number of amides is 1. The molecule has 0 spiro atoms. The van der Waals surface area contributed by atoms with Crippen molar-refractivity contribution in [1.29, 1.82) is 0 Å². The maximum atomic E-state index is 13.4. The standard InChI is InChI=1S/C15H13ClF2N2O/c1-15(14(19)21,9-6-11(17)8-12(18)7-9)20-13-4-2-10(16)3-5-13/h2-8,20H,1H3,(H2,19,21). The van der Waals surface area contributed by atoms with Crippen LogP contribution in [0.5, 0.6) is 0 Å². The fraction of sp³-hybridized carbons (Fsp3) is 0.133. The Kier molecular flexibility index (Phi) is 4.14. The van der Waals surface area contributed by atoms with Crippen molar-refractivity contribution in [2.24, 2.45) is 5.73 Å². The average Bonchev–Trinajstić information content (AvgIpc) is 2.40. The molecule has 21 heavy (non-hydrogen) atoms. The Balaban J connectivity index is 2.44. The van der Waals surface area contributed by atoms with E-state index in [0.717, 1.165) is 18.2 Å². The summed E-state index contributed by atoms with van der Waals surface area (Å²) in [4.78, 5) is 11.8. The molecule has 0 aliphatic carbocycles. The van der Waals surface area contributed by atoms with Gasteiger partial charge in [-0.05, 0) is 48.9 Å². The van der Waals surface area contributed by atoms with Gasteiger partial charge in [-0.15, -0.1) is 0 Å². The summed E-state index contributed by atoms with van der Waals surface area (Å²) in [7, 11) is 0. The van der Waals surface area contributed by atoms with Crippen molar-refractivity contribution in [2.45, 2.75) is 12.5 Å². The average molecular weight is 311 g/mol. The molecule has 0 fully saturated rings. The SMILES string of the molecule is CC(Nc1ccc(Cl)cc1)(C(N)=O)c1cc(F)cc(F)c1. The molecule has 110 valence electrons.